The first-order chi connectivity index (χ1) is 17.2. The highest BCUT2D eigenvalue weighted by molar-refractivity contribution is 6.12. The van der Waals surface area contributed by atoms with Gasteiger partial charge in [-0.1, -0.05) is 13.0 Å². The van der Waals surface area contributed by atoms with Gasteiger partial charge >= 0.3 is 0 Å². The van der Waals surface area contributed by atoms with Crippen LogP contribution in [0.1, 0.15) is 42.5 Å². The number of aryl methyl sites for hydroxylation is 2. The molecule has 10 nitrogen and oxygen atoms in total. The Hall–Kier alpha value is -4.08. The minimum Gasteiger partial charge on any atom is -0.384 e. The minimum absolute atomic E-state index is 0.107. The molecule has 3 amide bonds. The fourth-order valence-electron chi connectivity index (χ4n) is 4.62. The molecule has 1 saturated heterocycles. The Morgan fingerprint density at radius 3 is 2.58 bits per heavy atom. The van der Waals surface area contributed by atoms with E-state index in [1.54, 1.807) is 55.7 Å². The van der Waals surface area contributed by atoms with E-state index in [0.29, 0.717) is 17.9 Å². The van der Waals surface area contributed by atoms with Gasteiger partial charge in [0.05, 0.1) is 17.8 Å². The second-order valence-electron chi connectivity index (χ2n) is 9.26. The molecule has 4 rings (SSSR count). The molecule has 3 atom stereocenters. The molecule has 0 bridgehead atoms. The first kappa shape index (κ1) is 25.0. The van der Waals surface area contributed by atoms with Gasteiger partial charge in [0.25, 0.3) is 5.91 Å². The van der Waals surface area contributed by atoms with Crippen LogP contribution in [0.15, 0.2) is 49.1 Å². The van der Waals surface area contributed by atoms with E-state index in [1.165, 1.54) is 4.90 Å². The highest BCUT2D eigenvalue weighted by Crippen LogP contribution is 2.35. The lowest BCUT2D eigenvalue weighted by Gasteiger charge is -2.46. The van der Waals surface area contributed by atoms with E-state index in [-0.39, 0.29) is 36.5 Å². The smallest absolute Gasteiger partial charge is 0.250 e. The summed E-state index contributed by atoms with van der Waals surface area (Å²) in [6.07, 6.45) is 7.71. The molecule has 0 aliphatic carbocycles. The number of nitrogens with zero attached hydrogens (tertiary/aromatic N) is 6. The molecule has 1 fully saturated rings. The number of hydrogen-bond acceptors (Lipinski definition) is 7. The summed E-state index contributed by atoms with van der Waals surface area (Å²) in [5, 5.41) is 4.13. The van der Waals surface area contributed by atoms with Gasteiger partial charge in [0.15, 0.2) is 0 Å². The number of rotatable bonds is 8. The number of carbonyl (C=O) groups excluding carboxylic acids is 3. The monoisotopic (exact) mass is 489 g/mol. The van der Waals surface area contributed by atoms with Gasteiger partial charge in [0, 0.05) is 44.8 Å². The van der Waals surface area contributed by atoms with Gasteiger partial charge in [-0.3, -0.25) is 28.9 Å². The summed E-state index contributed by atoms with van der Waals surface area (Å²) in [6.45, 7) is 3.89. The zero-order chi connectivity index (χ0) is 26.0. The summed E-state index contributed by atoms with van der Waals surface area (Å²) in [4.78, 5) is 51.3. The molecule has 3 aromatic rings. The predicted octanol–water partition coefficient (Wildman–Crippen LogP) is 2.24. The van der Waals surface area contributed by atoms with E-state index in [0.717, 1.165) is 21.7 Å². The highest BCUT2D eigenvalue weighted by atomic mass is 16.2. The summed E-state index contributed by atoms with van der Waals surface area (Å²) < 4.78 is 1.59. The molecule has 1 aliphatic rings. The molecular formula is C26H31N7O3. The molecule has 0 unspecified atom stereocenters. The number of pyridine rings is 2. The molecule has 0 aromatic carbocycles. The number of likely N-dealkylation sites (N-methyl/N-ethyl adjacent to an activating group) is 1. The number of anilines is 2. The van der Waals surface area contributed by atoms with Crippen LogP contribution in [0.2, 0.25) is 0 Å². The number of likely N-dealkylation sites (tertiary alicyclic amines) is 1. The van der Waals surface area contributed by atoms with Crippen molar-refractivity contribution in [2.24, 2.45) is 13.0 Å². The molecule has 188 valence electrons. The molecule has 10 heteroatoms. The summed E-state index contributed by atoms with van der Waals surface area (Å²) in [5.74, 6) is -1.51. The minimum atomic E-state index is -0.918. The van der Waals surface area contributed by atoms with Gasteiger partial charge in [-0.2, -0.15) is 5.10 Å². The maximum atomic E-state index is 13.6. The zero-order valence-corrected chi connectivity index (χ0v) is 21.0. The lowest BCUT2D eigenvalue weighted by Crippen LogP contribution is -2.69. The van der Waals surface area contributed by atoms with Gasteiger partial charge in [0.2, 0.25) is 11.8 Å². The van der Waals surface area contributed by atoms with Gasteiger partial charge in [0.1, 0.15) is 11.9 Å². The lowest BCUT2D eigenvalue weighted by molar-refractivity contribution is -0.170. The third-order valence-electron chi connectivity index (χ3n) is 6.77. The van der Waals surface area contributed by atoms with Gasteiger partial charge in [-0.25, -0.2) is 4.98 Å². The van der Waals surface area contributed by atoms with Crippen LogP contribution in [0.25, 0.3) is 0 Å². The number of β-lactam (4-membered cyclic amide) rings is 1. The standard InChI is InChI=1S/C26H31N7O3/c1-5-18(19-7-6-16(2)29-13-19)12-23(34)33-24(26(36)32(4)20-14-30-31(3)15-20)21(25(33)35)10-17-8-9-28-22(27)11-17/h6-9,11,13-15,18,21,24H,5,10,12H2,1-4H3,(H2,27,28)/t18-,21+,24-/m0/s1. The van der Waals surface area contributed by atoms with Crippen LogP contribution in [0.3, 0.4) is 0 Å². The summed E-state index contributed by atoms with van der Waals surface area (Å²) in [7, 11) is 3.38. The van der Waals surface area contributed by atoms with Crippen LogP contribution in [-0.2, 0) is 27.9 Å². The largest absolute Gasteiger partial charge is 0.384 e. The van der Waals surface area contributed by atoms with E-state index >= 15 is 0 Å². The van der Waals surface area contributed by atoms with Crippen molar-refractivity contribution in [2.75, 3.05) is 17.7 Å². The van der Waals surface area contributed by atoms with Crippen molar-refractivity contribution >= 4 is 29.2 Å². The fourth-order valence-corrected chi connectivity index (χ4v) is 4.62. The summed E-state index contributed by atoms with van der Waals surface area (Å²) >= 11 is 0. The highest BCUT2D eigenvalue weighted by Gasteiger charge is 2.55. The number of aromatic nitrogens is 4. The second-order valence-corrected chi connectivity index (χ2v) is 9.26. The number of imide groups is 1. The van der Waals surface area contributed by atoms with Crippen molar-refractivity contribution in [3.8, 4) is 0 Å². The number of nitrogen functional groups attached to an aromatic ring is 1. The molecule has 0 spiro atoms. The maximum absolute atomic E-state index is 13.6. The van der Waals surface area contributed by atoms with Crippen LogP contribution in [0.4, 0.5) is 11.5 Å². The van der Waals surface area contributed by atoms with Crippen LogP contribution in [-0.4, -0.2) is 55.5 Å². The van der Waals surface area contributed by atoms with E-state index in [2.05, 4.69) is 15.1 Å². The number of nitrogens with two attached hydrogens (primary N) is 1. The molecule has 2 N–H and O–H groups in total. The van der Waals surface area contributed by atoms with Gasteiger partial charge in [-0.15, -0.1) is 0 Å². The fraction of sp³-hybridized carbons (Fsp3) is 0.385. The third-order valence-corrected chi connectivity index (χ3v) is 6.77. The number of amides is 3. The van der Waals surface area contributed by atoms with Gasteiger partial charge in [-0.05, 0) is 55.0 Å². The number of hydrogen-bond donors (Lipinski definition) is 1. The molecule has 3 aromatic heterocycles. The predicted molar refractivity (Wildman–Crippen MR) is 135 cm³/mol. The first-order valence-corrected chi connectivity index (χ1v) is 11.9. The van der Waals surface area contributed by atoms with Crippen molar-refractivity contribution in [2.45, 2.75) is 45.1 Å². The van der Waals surface area contributed by atoms with Crippen LogP contribution >= 0.6 is 0 Å². The van der Waals surface area contributed by atoms with Crippen LogP contribution in [0, 0.1) is 12.8 Å². The van der Waals surface area contributed by atoms with Crippen molar-refractivity contribution in [1.82, 2.24) is 24.6 Å². The maximum Gasteiger partial charge on any atom is 0.250 e. The Morgan fingerprint density at radius 2 is 1.97 bits per heavy atom. The van der Waals surface area contributed by atoms with E-state index in [1.807, 2.05) is 26.0 Å². The summed E-state index contributed by atoms with van der Waals surface area (Å²) in [6, 6.07) is 6.39. The zero-order valence-electron chi connectivity index (χ0n) is 21.0. The second kappa shape index (κ2) is 10.3. The number of carbonyl (C=O) groups is 3. The normalized spacial score (nSPS) is 18.0. The molecule has 4 heterocycles. The van der Waals surface area contributed by atoms with Crippen molar-refractivity contribution in [3.05, 3.63) is 65.9 Å². The summed E-state index contributed by atoms with van der Waals surface area (Å²) in [5.41, 5.74) is 9.00. The van der Waals surface area contributed by atoms with E-state index in [9.17, 15) is 14.4 Å². The Balaban J connectivity index is 1.59. The molecule has 0 saturated carbocycles. The molecule has 0 radical (unpaired) electrons. The Morgan fingerprint density at radius 1 is 1.19 bits per heavy atom. The van der Waals surface area contributed by atoms with E-state index < -0.39 is 12.0 Å². The van der Waals surface area contributed by atoms with E-state index in [4.69, 9.17) is 5.73 Å². The Labute approximate surface area is 210 Å². The SMILES string of the molecule is CC[C@@H](CC(=O)N1C(=O)[C@H](Cc2ccnc(N)c2)[C@H]1C(=O)N(C)c1cnn(C)c1)c1ccc(C)nc1. The first-order valence-electron chi connectivity index (χ1n) is 11.9. The Kier molecular flexibility index (Phi) is 7.14. The average Bonchev–Trinajstić information content (AvgIpc) is 3.30. The Bertz CT molecular complexity index is 1270. The molecular weight excluding hydrogens is 458 g/mol. The van der Waals surface area contributed by atoms with Crippen LogP contribution < -0.4 is 10.6 Å². The van der Waals surface area contributed by atoms with Crippen molar-refractivity contribution in [3.63, 3.8) is 0 Å². The molecule has 36 heavy (non-hydrogen) atoms. The van der Waals surface area contributed by atoms with Crippen molar-refractivity contribution in [1.29, 1.82) is 0 Å². The average molecular weight is 490 g/mol. The van der Waals surface area contributed by atoms with Gasteiger partial charge < -0.3 is 10.6 Å². The molecule has 1 aliphatic heterocycles. The topological polar surface area (TPSA) is 127 Å². The van der Waals surface area contributed by atoms with Crippen molar-refractivity contribution < 1.29 is 14.4 Å². The third kappa shape index (κ3) is 4.98. The lowest BCUT2D eigenvalue weighted by atomic mass is 9.80. The quantitative estimate of drug-likeness (QED) is 0.481. The van der Waals surface area contributed by atoms with Crippen LogP contribution in [0.5, 0.6) is 0 Å².